The summed E-state index contributed by atoms with van der Waals surface area (Å²) in [6.07, 6.45) is 0. The van der Waals surface area contributed by atoms with Gasteiger partial charge in [-0.15, -0.1) is 0 Å². The Hall–Kier alpha value is -6.56. The minimum Gasteiger partial charge on any atom is -0.383 e. The van der Waals surface area contributed by atoms with E-state index in [-0.39, 0.29) is 23.1 Å². The molecule has 0 bridgehead atoms. The van der Waals surface area contributed by atoms with Crippen LogP contribution in [-0.4, -0.2) is 26.6 Å². The summed E-state index contributed by atoms with van der Waals surface area (Å²) < 4.78 is 0. The van der Waals surface area contributed by atoms with Gasteiger partial charge >= 0.3 is 0 Å². The van der Waals surface area contributed by atoms with Crippen LogP contribution in [0.1, 0.15) is 31.8 Å². The van der Waals surface area contributed by atoms with Crippen LogP contribution < -0.4 is 11.1 Å². The molecule has 0 aliphatic carbocycles. The number of rotatable bonds is 7. The van der Waals surface area contributed by atoms with E-state index in [9.17, 15) is 14.9 Å². The van der Waals surface area contributed by atoms with Crippen LogP contribution in [0.4, 0.5) is 11.5 Å². The molecule has 5 aromatic carbocycles. The van der Waals surface area contributed by atoms with Crippen molar-refractivity contribution >= 4 is 45.8 Å². The van der Waals surface area contributed by atoms with Crippen LogP contribution in [-0.2, 0) is 0 Å². The molecule has 0 saturated carbocycles. The van der Waals surface area contributed by atoms with Crippen molar-refractivity contribution in [2.24, 2.45) is 0 Å². The molecule has 0 unspecified atom stereocenters. The van der Waals surface area contributed by atoms with E-state index >= 15 is 0 Å². The van der Waals surface area contributed by atoms with E-state index in [0.717, 1.165) is 16.6 Å². The number of pyridine rings is 1. The van der Waals surface area contributed by atoms with Crippen molar-refractivity contribution in [2.45, 2.75) is 0 Å². The molecule has 0 spiro atoms. The van der Waals surface area contributed by atoms with Gasteiger partial charge in [0.1, 0.15) is 23.3 Å². The van der Waals surface area contributed by atoms with Gasteiger partial charge in [0.2, 0.25) is 0 Å². The van der Waals surface area contributed by atoms with E-state index in [0.29, 0.717) is 55.6 Å². The van der Waals surface area contributed by atoms with Crippen LogP contribution in [0.5, 0.6) is 0 Å². The first-order valence-corrected chi connectivity index (χ1v) is 15.3. The molecule has 2 aromatic heterocycles. The highest BCUT2D eigenvalue weighted by atomic mass is 35.5. The molecule has 230 valence electrons. The Bertz CT molecular complexity index is 2380. The number of hydrogen-bond acceptors (Lipinski definition) is 6. The van der Waals surface area contributed by atoms with E-state index in [2.05, 4.69) is 21.4 Å². The van der Waals surface area contributed by atoms with Crippen LogP contribution in [0.25, 0.3) is 44.8 Å². The number of carbonyl (C=O) groups is 2. The van der Waals surface area contributed by atoms with Crippen LogP contribution in [0.2, 0.25) is 5.02 Å². The Labute approximate surface area is 280 Å². The standard InChI is InChI=1S/C39H25ClN6O2/c40-27-15-10-23(11-16-27)31-21-34(44-37(42)32(31)22-41)24-12-17-28(18-13-24)43-39(48)30-9-5-4-8-29(30)38-45-33-19-14-26(20-35(33)46-38)36(47)25-6-2-1-3-7-25/h1-21H,(H2,42,44)(H,43,48)(H,45,46). The second-order valence-corrected chi connectivity index (χ2v) is 11.5. The molecule has 0 atom stereocenters. The van der Waals surface area contributed by atoms with Gasteiger partial charge in [-0.2, -0.15) is 5.26 Å². The number of nitriles is 1. The summed E-state index contributed by atoms with van der Waals surface area (Å²) in [5.74, 6) is 0.229. The molecular formula is C39H25ClN6O2. The molecule has 7 aromatic rings. The van der Waals surface area contributed by atoms with Gasteiger partial charge < -0.3 is 16.0 Å². The highest BCUT2D eigenvalue weighted by Crippen LogP contribution is 2.33. The third kappa shape index (κ3) is 5.89. The van der Waals surface area contributed by atoms with Crippen LogP contribution in [0.3, 0.4) is 0 Å². The maximum atomic E-state index is 13.6. The molecule has 2 heterocycles. The van der Waals surface area contributed by atoms with E-state index in [1.54, 1.807) is 60.7 Å². The first-order valence-electron chi connectivity index (χ1n) is 15.0. The van der Waals surface area contributed by atoms with Crippen LogP contribution in [0.15, 0.2) is 127 Å². The Kier molecular flexibility index (Phi) is 7.95. The highest BCUT2D eigenvalue weighted by Gasteiger charge is 2.18. The van der Waals surface area contributed by atoms with Gasteiger partial charge in [-0.25, -0.2) is 9.97 Å². The summed E-state index contributed by atoms with van der Waals surface area (Å²) >= 11 is 6.06. The normalized spacial score (nSPS) is 10.8. The number of nitrogens with two attached hydrogens (primary N) is 1. The fourth-order valence-electron chi connectivity index (χ4n) is 5.53. The third-order valence-electron chi connectivity index (χ3n) is 7.96. The van der Waals surface area contributed by atoms with Gasteiger partial charge in [-0.1, -0.05) is 84.4 Å². The molecule has 0 aliphatic rings. The minimum atomic E-state index is -0.315. The lowest BCUT2D eigenvalue weighted by molar-refractivity contribution is 0.102. The van der Waals surface area contributed by atoms with Gasteiger partial charge in [-0.05, 0) is 60.2 Å². The number of hydrogen-bond donors (Lipinski definition) is 3. The molecular weight excluding hydrogens is 620 g/mol. The summed E-state index contributed by atoms with van der Waals surface area (Å²) in [7, 11) is 0. The Balaban J connectivity index is 1.13. The number of aromatic amines is 1. The lowest BCUT2D eigenvalue weighted by atomic mass is 9.98. The highest BCUT2D eigenvalue weighted by molar-refractivity contribution is 6.30. The average Bonchev–Trinajstić information content (AvgIpc) is 3.55. The van der Waals surface area contributed by atoms with Crippen molar-refractivity contribution < 1.29 is 9.59 Å². The summed E-state index contributed by atoms with van der Waals surface area (Å²) in [4.78, 5) is 39.0. The number of ketones is 1. The van der Waals surface area contributed by atoms with Crippen LogP contribution in [0, 0.1) is 11.3 Å². The van der Waals surface area contributed by atoms with Crippen molar-refractivity contribution in [3.8, 4) is 39.8 Å². The van der Waals surface area contributed by atoms with Gasteiger partial charge in [0.25, 0.3) is 5.91 Å². The van der Waals surface area contributed by atoms with Crippen molar-refractivity contribution in [2.75, 3.05) is 11.1 Å². The second kappa shape index (κ2) is 12.7. The summed E-state index contributed by atoms with van der Waals surface area (Å²) in [6, 6.07) is 40.0. The summed E-state index contributed by atoms with van der Waals surface area (Å²) in [5.41, 5.74) is 13.4. The lowest BCUT2D eigenvalue weighted by Gasteiger charge is -2.12. The number of nitrogens with zero attached hydrogens (tertiary/aromatic N) is 3. The Morgan fingerprint density at radius 1 is 0.750 bits per heavy atom. The fraction of sp³-hybridized carbons (Fsp3) is 0. The van der Waals surface area contributed by atoms with Gasteiger partial charge in [0.05, 0.1) is 22.3 Å². The molecule has 1 amide bonds. The number of amides is 1. The summed E-state index contributed by atoms with van der Waals surface area (Å²) in [6.45, 7) is 0. The number of nitrogen functional groups attached to an aromatic ring is 1. The van der Waals surface area contributed by atoms with E-state index < -0.39 is 0 Å². The number of halogens is 1. The van der Waals surface area contributed by atoms with E-state index in [1.807, 2.05) is 66.7 Å². The number of aromatic nitrogens is 3. The lowest BCUT2D eigenvalue weighted by Crippen LogP contribution is -2.13. The molecule has 8 nitrogen and oxygen atoms in total. The number of fused-ring (bicyclic) bond motifs is 1. The molecule has 48 heavy (non-hydrogen) atoms. The third-order valence-corrected chi connectivity index (χ3v) is 8.21. The number of nitrogens with one attached hydrogen (secondary N) is 2. The zero-order chi connectivity index (χ0) is 33.2. The minimum absolute atomic E-state index is 0.0896. The van der Waals surface area contributed by atoms with E-state index in [4.69, 9.17) is 22.3 Å². The number of imidazole rings is 1. The number of carbonyl (C=O) groups excluding carboxylic acids is 2. The van der Waals surface area contributed by atoms with Crippen LogP contribution >= 0.6 is 11.6 Å². The number of H-pyrrole nitrogens is 1. The first-order chi connectivity index (χ1) is 23.4. The smallest absolute Gasteiger partial charge is 0.256 e. The zero-order valence-corrected chi connectivity index (χ0v) is 26.0. The topological polar surface area (TPSA) is 138 Å². The van der Waals surface area contributed by atoms with Crippen molar-refractivity contribution in [3.63, 3.8) is 0 Å². The molecule has 7 rings (SSSR count). The molecule has 9 heteroatoms. The molecule has 0 fully saturated rings. The Morgan fingerprint density at radius 2 is 1.46 bits per heavy atom. The Morgan fingerprint density at radius 3 is 2.21 bits per heavy atom. The fourth-order valence-corrected chi connectivity index (χ4v) is 5.65. The number of benzene rings is 5. The molecule has 4 N–H and O–H groups in total. The SMILES string of the molecule is N#Cc1c(-c2ccc(Cl)cc2)cc(-c2ccc(NC(=O)c3ccccc3-c3nc4cc(C(=O)c5ccccc5)ccc4[nH]3)cc2)nc1N. The molecule has 0 aliphatic heterocycles. The van der Waals surface area contributed by atoms with Crippen molar-refractivity contribution in [1.29, 1.82) is 5.26 Å². The molecule has 0 radical (unpaired) electrons. The zero-order valence-electron chi connectivity index (χ0n) is 25.2. The van der Waals surface area contributed by atoms with E-state index in [1.165, 1.54) is 0 Å². The van der Waals surface area contributed by atoms with Gasteiger partial charge in [0.15, 0.2) is 5.78 Å². The predicted molar refractivity (Wildman–Crippen MR) is 189 cm³/mol. The quantitative estimate of drug-likeness (QED) is 0.149. The van der Waals surface area contributed by atoms with Gasteiger partial charge in [-0.3, -0.25) is 9.59 Å². The maximum Gasteiger partial charge on any atom is 0.256 e. The first kappa shape index (κ1) is 30.1. The van der Waals surface area contributed by atoms with Gasteiger partial charge in [0, 0.05) is 38.5 Å². The monoisotopic (exact) mass is 644 g/mol. The second-order valence-electron chi connectivity index (χ2n) is 11.0. The summed E-state index contributed by atoms with van der Waals surface area (Å²) in [5, 5.41) is 13.3. The molecule has 0 saturated heterocycles. The van der Waals surface area contributed by atoms with Crippen molar-refractivity contribution in [1.82, 2.24) is 15.0 Å². The number of anilines is 2. The van der Waals surface area contributed by atoms with Crippen molar-refractivity contribution in [3.05, 3.63) is 155 Å². The maximum absolute atomic E-state index is 13.6. The predicted octanol–water partition coefficient (Wildman–Crippen LogP) is 8.55. The average molecular weight is 645 g/mol. The largest absolute Gasteiger partial charge is 0.383 e.